The van der Waals surface area contributed by atoms with Crippen LogP contribution in [0.4, 0.5) is 17.1 Å². The predicted molar refractivity (Wildman–Crippen MR) is 126 cm³/mol. The zero-order chi connectivity index (χ0) is 20.6. The molecule has 2 aliphatic rings. The second-order valence-electron chi connectivity index (χ2n) is 8.20. The third-order valence-corrected chi connectivity index (χ3v) is 7.95. The molecule has 2 fully saturated rings. The summed E-state index contributed by atoms with van der Waals surface area (Å²) in [6.07, 6.45) is 3.61. The fourth-order valence-corrected chi connectivity index (χ4v) is 6.17. The fourth-order valence-electron chi connectivity index (χ4n) is 4.55. The van der Waals surface area contributed by atoms with E-state index >= 15 is 0 Å². The number of anilines is 3. The Morgan fingerprint density at radius 3 is 3.00 bits per heavy atom. The van der Waals surface area contributed by atoms with Gasteiger partial charge >= 0.3 is 0 Å². The lowest BCUT2D eigenvalue weighted by molar-refractivity contribution is 0.102. The maximum atomic E-state index is 12.9. The number of carbonyl (C=O) groups is 1. The molecule has 1 spiro atoms. The molecular weight excluding hydrogens is 414 g/mol. The number of nitrogens with two attached hydrogens (primary N) is 1. The molecule has 0 saturated carbocycles. The Labute approximate surface area is 184 Å². The van der Waals surface area contributed by atoms with Crippen LogP contribution in [-0.2, 0) is 0 Å². The maximum absolute atomic E-state index is 12.9. The van der Waals surface area contributed by atoms with E-state index in [0.29, 0.717) is 16.8 Å². The molecular formula is C22H25N5OS2. The van der Waals surface area contributed by atoms with Crippen molar-refractivity contribution in [3.8, 4) is 9.88 Å². The summed E-state index contributed by atoms with van der Waals surface area (Å²) in [5, 5.41) is 11.3. The average Bonchev–Trinajstić information content (AvgIpc) is 3.51. The van der Waals surface area contributed by atoms with E-state index in [0.717, 1.165) is 53.9 Å². The summed E-state index contributed by atoms with van der Waals surface area (Å²) in [4.78, 5) is 20.9. The van der Waals surface area contributed by atoms with Gasteiger partial charge in [-0.2, -0.15) is 0 Å². The molecule has 1 atom stereocenters. The highest BCUT2D eigenvalue weighted by Gasteiger charge is 2.38. The highest BCUT2D eigenvalue weighted by atomic mass is 32.1. The van der Waals surface area contributed by atoms with Gasteiger partial charge in [-0.25, -0.2) is 4.98 Å². The Balaban J connectivity index is 1.38. The summed E-state index contributed by atoms with van der Waals surface area (Å²) >= 11 is 3.12. The van der Waals surface area contributed by atoms with Gasteiger partial charge in [-0.15, -0.1) is 22.7 Å². The van der Waals surface area contributed by atoms with Gasteiger partial charge in [0.25, 0.3) is 5.91 Å². The highest BCUT2D eigenvalue weighted by molar-refractivity contribution is 7.20. The van der Waals surface area contributed by atoms with Crippen LogP contribution >= 0.6 is 22.7 Å². The molecule has 156 valence electrons. The number of nitrogens with zero attached hydrogens (tertiary/aromatic N) is 2. The topological polar surface area (TPSA) is 83.3 Å². The second-order valence-corrected chi connectivity index (χ2v) is 10.0. The zero-order valence-corrected chi connectivity index (χ0v) is 18.3. The molecule has 6 nitrogen and oxygen atoms in total. The van der Waals surface area contributed by atoms with Crippen LogP contribution in [0.5, 0.6) is 0 Å². The Kier molecular flexibility index (Phi) is 5.22. The van der Waals surface area contributed by atoms with E-state index in [2.05, 4.69) is 20.5 Å². The summed E-state index contributed by atoms with van der Waals surface area (Å²) in [7, 11) is 0. The molecule has 1 unspecified atom stereocenters. The molecule has 3 aromatic rings. The van der Waals surface area contributed by atoms with Gasteiger partial charge in [0, 0.05) is 36.1 Å². The van der Waals surface area contributed by atoms with E-state index in [1.54, 1.807) is 11.3 Å². The number of carbonyl (C=O) groups excluding carboxylic acids is 1. The minimum Gasteiger partial charge on any atom is -0.399 e. The minimum absolute atomic E-state index is 0.186. The third-order valence-electron chi connectivity index (χ3n) is 6.07. The molecule has 4 N–H and O–H groups in total. The first-order valence-electron chi connectivity index (χ1n) is 10.3. The first kappa shape index (κ1) is 19.5. The molecule has 1 amide bonds. The molecule has 2 saturated heterocycles. The third kappa shape index (κ3) is 3.82. The Bertz CT molecular complexity index is 1040. The minimum atomic E-state index is -0.186. The van der Waals surface area contributed by atoms with Crippen molar-refractivity contribution < 1.29 is 4.79 Å². The fraction of sp³-hybridized carbons (Fsp3) is 0.364. The first-order valence-corrected chi connectivity index (χ1v) is 12.0. The summed E-state index contributed by atoms with van der Waals surface area (Å²) in [6, 6.07) is 9.74. The lowest BCUT2D eigenvalue weighted by Gasteiger charge is -2.42. The van der Waals surface area contributed by atoms with E-state index < -0.39 is 0 Å². The van der Waals surface area contributed by atoms with Crippen LogP contribution < -0.4 is 21.3 Å². The summed E-state index contributed by atoms with van der Waals surface area (Å²) < 4.78 is 0. The molecule has 0 radical (unpaired) electrons. The van der Waals surface area contributed by atoms with Gasteiger partial charge in [-0.1, -0.05) is 6.07 Å². The number of thiophene rings is 1. The quantitative estimate of drug-likeness (QED) is 0.528. The van der Waals surface area contributed by atoms with Crippen LogP contribution in [-0.4, -0.2) is 37.1 Å². The van der Waals surface area contributed by atoms with Crippen molar-refractivity contribution in [2.45, 2.75) is 19.3 Å². The number of benzene rings is 1. The van der Waals surface area contributed by atoms with Gasteiger partial charge in [0.05, 0.1) is 16.3 Å². The van der Waals surface area contributed by atoms with Gasteiger partial charge in [0.1, 0.15) is 10.7 Å². The van der Waals surface area contributed by atoms with Crippen molar-refractivity contribution in [1.29, 1.82) is 0 Å². The second kappa shape index (κ2) is 8.02. The van der Waals surface area contributed by atoms with Crippen molar-refractivity contribution in [1.82, 2.24) is 10.3 Å². The molecule has 2 aliphatic heterocycles. The summed E-state index contributed by atoms with van der Waals surface area (Å²) in [5.41, 5.74) is 9.40. The number of aromatic nitrogens is 1. The lowest BCUT2D eigenvalue weighted by atomic mass is 9.79. The summed E-state index contributed by atoms with van der Waals surface area (Å²) in [5.74, 6) is -0.186. The molecule has 5 rings (SSSR count). The largest absolute Gasteiger partial charge is 0.399 e. The molecule has 0 bridgehead atoms. The number of hydrogen-bond donors (Lipinski definition) is 3. The van der Waals surface area contributed by atoms with Crippen molar-refractivity contribution in [3.63, 3.8) is 0 Å². The van der Waals surface area contributed by atoms with E-state index in [4.69, 9.17) is 5.73 Å². The Morgan fingerprint density at radius 1 is 1.27 bits per heavy atom. The Morgan fingerprint density at radius 2 is 2.20 bits per heavy atom. The van der Waals surface area contributed by atoms with Gasteiger partial charge in [-0.3, -0.25) is 4.79 Å². The number of piperidine rings is 1. The molecule has 30 heavy (non-hydrogen) atoms. The van der Waals surface area contributed by atoms with E-state index in [1.807, 2.05) is 41.1 Å². The van der Waals surface area contributed by atoms with Crippen LogP contribution in [0.3, 0.4) is 0 Å². The van der Waals surface area contributed by atoms with Crippen molar-refractivity contribution in [2.75, 3.05) is 42.1 Å². The Hall–Kier alpha value is -2.42. The average molecular weight is 440 g/mol. The first-order chi connectivity index (χ1) is 14.6. The highest BCUT2D eigenvalue weighted by Crippen LogP contribution is 2.40. The molecule has 0 aliphatic carbocycles. The van der Waals surface area contributed by atoms with Crippen molar-refractivity contribution in [2.24, 2.45) is 5.41 Å². The van der Waals surface area contributed by atoms with Crippen LogP contribution in [0, 0.1) is 5.41 Å². The smallest absolute Gasteiger partial charge is 0.275 e. The predicted octanol–water partition coefficient (Wildman–Crippen LogP) is 4.29. The molecule has 1 aromatic carbocycles. The molecule has 4 heterocycles. The maximum Gasteiger partial charge on any atom is 0.275 e. The number of thiazole rings is 1. The number of rotatable bonds is 4. The lowest BCUT2D eigenvalue weighted by Crippen LogP contribution is -2.44. The van der Waals surface area contributed by atoms with Crippen molar-refractivity contribution >= 4 is 45.6 Å². The SMILES string of the molecule is Nc1ccc(NC(=O)c2csc(-c3cccs3)n2)c(N2CCCC3(CCNC3)C2)c1. The standard InChI is InChI=1S/C22H25N5OS2/c23-15-4-5-16(18(11-15)27-9-2-6-22(14-27)7-8-24-13-22)25-20(28)17-12-30-21(26-17)19-3-1-10-29-19/h1,3-5,10-12,24H,2,6-9,13-14,23H2,(H,25,28). The number of nitrogens with one attached hydrogen (secondary N) is 2. The zero-order valence-electron chi connectivity index (χ0n) is 16.7. The van der Waals surface area contributed by atoms with Crippen LogP contribution in [0.2, 0.25) is 0 Å². The number of amides is 1. The van der Waals surface area contributed by atoms with Crippen molar-refractivity contribution in [3.05, 3.63) is 46.8 Å². The normalized spacial score (nSPS) is 21.3. The van der Waals surface area contributed by atoms with E-state index in [-0.39, 0.29) is 5.91 Å². The number of hydrogen-bond acceptors (Lipinski definition) is 7. The number of nitrogen functional groups attached to an aromatic ring is 1. The van der Waals surface area contributed by atoms with Gasteiger partial charge in [0.2, 0.25) is 0 Å². The van der Waals surface area contributed by atoms with Gasteiger partial charge in [-0.05, 0) is 55.5 Å². The van der Waals surface area contributed by atoms with Gasteiger partial charge < -0.3 is 21.3 Å². The van der Waals surface area contributed by atoms with Crippen LogP contribution in [0.25, 0.3) is 9.88 Å². The van der Waals surface area contributed by atoms with Crippen LogP contribution in [0.15, 0.2) is 41.1 Å². The van der Waals surface area contributed by atoms with Gasteiger partial charge in [0.15, 0.2) is 0 Å². The summed E-state index contributed by atoms with van der Waals surface area (Å²) in [6.45, 7) is 4.13. The van der Waals surface area contributed by atoms with Crippen LogP contribution in [0.1, 0.15) is 29.8 Å². The van der Waals surface area contributed by atoms with E-state index in [1.165, 1.54) is 24.2 Å². The molecule has 8 heteroatoms. The molecule has 2 aromatic heterocycles. The van der Waals surface area contributed by atoms with E-state index in [9.17, 15) is 4.79 Å². The monoisotopic (exact) mass is 439 g/mol.